The number of benzene rings is 1. The van der Waals surface area contributed by atoms with Gasteiger partial charge in [-0.2, -0.15) is 0 Å². The maximum absolute atomic E-state index is 12.9. The van der Waals surface area contributed by atoms with Gasteiger partial charge in [-0.05, 0) is 54.7 Å². The van der Waals surface area contributed by atoms with E-state index in [1.54, 1.807) is 10.6 Å². The summed E-state index contributed by atoms with van der Waals surface area (Å²) in [6.07, 6.45) is 7.88. The Balaban J connectivity index is 1.66. The Morgan fingerprint density at radius 1 is 1.09 bits per heavy atom. The van der Waals surface area contributed by atoms with Crippen LogP contribution in [0.1, 0.15) is 37.8 Å². The van der Waals surface area contributed by atoms with Crippen molar-refractivity contribution in [1.82, 2.24) is 14.5 Å². The fourth-order valence-corrected chi connectivity index (χ4v) is 4.25. The van der Waals surface area contributed by atoms with Crippen molar-refractivity contribution >= 4 is 28.3 Å². The summed E-state index contributed by atoms with van der Waals surface area (Å²) >= 11 is 6.24. The minimum atomic E-state index is -0.0451. The van der Waals surface area contributed by atoms with Gasteiger partial charge in [0.15, 0.2) is 0 Å². The third-order valence-electron chi connectivity index (χ3n) is 5.77. The molecule has 0 radical (unpaired) electrons. The summed E-state index contributed by atoms with van der Waals surface area (Å²) in [4.78, 5) is 23.1. The zero-order chi connectivity index (χ0) is 22.7. The van der Waals surface area contributed by atoms with Crippen molar-refractivity contribution in [3.8, 4) is 11.1 Å². The summed E-state index contributed by atoms with van der Waals surface area (Å²) in [5, 5.41) is 1.75. The molecule has 32 heavy (non-hydrogen) atoms. The summed E-state index contributed by atoms with van der Waals surface area (Å²) in [6, 6.07) is 11.8. The molecule has 1 aromatic carbocycles. The second kappa shape index (κ2) is 9.61. The molecule has 3 aromatic heterocycles. The van der Waals surface area contributed by atoms with Crippen LogP contribution in [0.4, 0.5) is 5.69 Å². The van der Waals surface area contributed by atoms with E-state index in [9.17, 15) is 4.79 Å². The molecule has 1 N–H and O–H groups in total. The van der Waals surface area contributed by atoms with E-state index in [4.69, 9.17) is 11.6 Å². The summed E-state index contributed by atoms with van der Waals surface area (Å²) in [5.74, 6) is 0. The standard InChI is InChI=1S/C26H29ClN4O/c1-4-9-30(10-5-2)21-14-22-23(16-29-26(22)28-15-21)20-8-11-31(25(32)13-20)17-19-7-6-18(3)24(27)12-19/h6-8,11-16H,4-5,9-10,17H2,1-3H3,(H,28,29). The number of H-pyrrole nitrogens is 1. The average molecular weight is 449 g/mol. The lowest BCUT2D eigenvalue weighted by Crippen LogP contribution is -2.24. The molecule has 3 heterocycles. The van der Waals surface area contributed by atoms with Crippen molar-refractivity contribution in [2.75, 3.05) is 18.0 Å². The van der Waals surface area contributed by atoms with Gasteiger partial charge >= 0.3 is 0 Å². The van der Waals surface area contributed by atoms with Crippen LogP contribution in [0.25, 0.3) is 22.2 Å². The van der Waals surface area contributed by atoms with Crippen LogP contribution >= 0.6 is 11.6 Å². The van der Waals surface area contributed by atoms with Crippen molar-refractivity contribution in [2.45, 2.75) is 40.2 Å². The SMILES string of the molecule is CCCN(CCC)c1cnc2[nH]cc(-c3ccn(Cc4ccc(C)c(Cl)c4)c(=O)c3)c2c1. The quantitative estimate of drug-likeness (QED) is 0.358. The number of nitrogens with zero attached hydrogens (tertiary/aromatic N) is 3. The Kier molecular flexibility index (Phi) is 6.66. The van der Waals surface area contributed by atoms with E-state index in [1.807, 2.05) is 49.8 Å². The highest BCUT2D eigenvalue weighted by molar-refractivity contribution is 6.31. The number of aromatic amines is 1. The minimum Gasteiger partial charge on any atom is -0.370 e. The van der Waals surface area contributed by atoms with Gasteiger partial charge in [0.1, 0.15) is 5.65 Å². The second-order valence-corrected chi connectivity index (χ2v) is 8.65. The van der Waals surface area contributed by atoms with Crippen LogP contribution < -0.4 is 10.5 Å². The van der Waals surface area contributed by atoms with E-state index in [1.165, 1.54) is 0 Å². The van der Waals surface area contributed by atoms with E-state index >= 15 is 0 Å². The Morgan fingerprint density at radius 3 is 2.56 bits per heavy atom. The lowest BCUT2D eigenvalue weighted by molar-refractivity contribution is 0.744. The van der Waals surface area contributed by atoms with E-state index in [-0.39, 0.29) is 5.56 Å². The van der Waals surface area contributed by atoms with Crippen molar-refractivity contribution in [1.29, 1.82) is 0 Å². The lowest BCUT2D eigenvalue weighted by atomic mass is 10.1. The maximum atomic E-state index is 12.9. The Hall–Kier alpha value is -3.05. The molecule has 0 fully saturated rings. The van der Waals surface area contributed by atoms with Gasteiger partial charge in [0.25, 0.3) is 5.56 Å². The van der Waals surface area contributed by atoms with Crippen LogP contribution in [0, 0.1) is 6.92 Å². The van der Waals surface area contributed by atoms with Gasteiger partial charge in [-0.15, -0.1) is 0 Å². The monoisotopic (exact) mass is 448 g/mol. The lowest BCUT2D eigenvalue weighted by Gasteiger charge is -2.23. The molecule has 5 nitrogen and oxygen atoms in total. The number of halogens is 1. The van der Waals surface area contributed by atoms with Gasteiger partial charge < -0.3 is 14.5 Å². The van der Waals surface area contributed by atoms with Gasteiger partial charge in [0.2, 0.25) is 0 Å². The highest BCUT2D eigenvalue weighted by atomic mass is 35.5. The number of aryl methyl sites for hydroxylation is 1. The Bertz CT molecular complexity index is 1280. The van der Waals surface area contributed by atoms with Crippen LogP contribution in [-0.2, 0) is 6.54 Å². The number of fused-ring (bicyclic) bond motifs is 1. The molecular formula is C26H29ClN4O. The van der Waals surface area contributed by atoms with Gasteiger partial charge in [-0.3, -0.25) is 4.79 Å². The van der Waals surface area contributed by atoms with Gasteiger partial charge in [0.05, 0.1) is 18.4 Å². The first-order valence-electron chi connectivity index (χ1n) is 11.2. The Morgan fingerprint density at radius 2 is 1.88 bits per heavy atom. The molecule has 0 aliphatic heterocycles. The third kappa shape index (κ3) is 4.58. The van der Waals surface area contributed by atoms with Crippen molar-refractivity contribution in [2.24, 2.45) is 0 Å². The molecule has 4 aromatic rings. The molecule has 0 amide bonds. The van der Waals surface area contributed by atoms with Crippen LogP contribution in [0.2, 0.25) is 5.02 Å². The number of pyridine rings is 2. The molecule has 0 aliphatic rings. The minimum absolute atomic E-state index is 0.0451. The Labute approximate surface area is 193 Å². The van der Waals surface area contributed by atoms with Crippen LogP contribution in [0.3, 0.4) is 0 Å². The molecule has 0 spiro atoms. The van der Waals surface area contributed by atoms with E-state index in [0.717, 1.165) is 69.9 Å². The number of hydrogen-bond donors (Lipinski definition) is 1. The molecule has 4 rings (SSSR count). The largest absolute Gasteiger partial charge is 0.370 e. The fourth-order valence-electron chi connectivity index (χ4n) is 4.05. The number of anilines is 1. The molecule has 0 saturated heterocycles. The van der Waals surface area contributed by atoms with Crippen LogP contribution in [0.15, 0.2) is 59.8 Å². The first kappa shape index (κ1) is 22.2. The zero-order valence-electron chi connectivity index (χ0n) is 18.9. The zero-order valence-corrected chi connectivity index (χ0v) is 19.6. The second-order valence-electron chi connectivity index (χ2n) is 8.24. The number of aromatic nitrogens is 3. The number of rotatable bonds is 8. The maximum Gasteiger partial charge on any atom is 0.251 e. The molecule has 0 saturated carbocycles. The van der Waals surface area contributed by atoms with Gasteiger partial charge in [-0.1, -0.05) is 37.6 Å². The smallest absolute Gasteiger partial charge is 0.251 e. The fraction of sp³-hybridized carbons (Fsp3) is 0.308. The summed E-state index contributed by atoms with van der Waals surface area (Å²) in [6.45, 7) is 8.84. The van der Waals surface area contributed by atoms with E-state index < -0.39 is 0 Å². The van der Waals surface area contributed by atoms with Crippen molar-refractivity contribution < 1.29 is 0 Å². The predicted octanol–water partition coefficient (Wildman–Crippen LogP) is 6.03. The molecule has 0 aliphatic carbocycles. The van der Waals surface area contributed by atoms with Gasteiger partial charge in [-0.25, -0.2) is 4.98 Å². The highest BCUT2D eigenvalue weighted by Crippen LogP contribution is 2.30. The van der Waals surface area contributed by atoms with E-state index in [0.29, 0.717) is 6.54 Å². The third-order valence-corrected chi connectivity index (χ3v) is 6.17. The van der Waals surface area contributed by atoms with Gasteiger partial charge in [0, 0.05) is 47.5 Å². The molecule has 0 unspecified atom stereocenters. The first-order chi connectivity index (χ1) is 15.5. The molecule has 6 heteroatoms. The summed E-state index contributed by atoms with van der Waals surface area (Å²) in [5.41, 5.74) is 5.81. The van der Waals surface area contributed by atoms with E-state index in [2.05, 4.69) is 34.8 Å². The van der Waals surface area contributed by atoms with Crippen molar-refractivity contribution in [3.63, 3.8) is 0 Å². The number of nitrogens with one attached hydrogen (secondary N) is 1. The van der Waals surface area contributed by atoms with Crippen molar-refractivity contribution in [3.05, 3.63) is 81.5 Å². The summed E-state index contributed by atoms with van der Waals surface area (Å²) < 4.78 is 1.70. The average Bonchev–Trinajstić information content (AvgIpc) is 3.21. The molecule has 166 valence electrons. The summed E-state index contributed by atoms with van der Waals surface area (Å²) in [7, 11) is 0. The first-order valence-corrected chi connectivity index (χ1v) is 11.6. The highest BCUT2D eigenvalue weighted by Gasteiger charge is 2.12. The van der Waals surface area contributed by atoms with Crippen LogP contribution in [-0.4, -0.2) is 27.6 Å². The molecular weight excluding hydrogens is 420 g/mol. The number of hydrogen-bond acceptors (Lipinski definition) is 3. The molecule has 0 bridgehead atoms. The normalized spacial score (nSPS) is 11.2. The topological polar surface area (TPSA) is 53.9 Å². The predicted molar refractivity (Wildman–Crippen MR) is 134 cm³/mol. The van der Waals surface area contributed by atoms with Crippen LogP contribution in [0.5, 0.6) is 0 Å². The molecule has 0 atom stereocenters.